The first kappa shape index (κ1) is 32.2. The lowest BCUT2D eigenvalue weighted by atomic mass is 9.99. The van der Waals surface area contributed by atoms with Gasteiger partial charge in [0.2, 0.25) is 11.8 Å². The highest BCUT2D eigenvalue weighted by Crippen LogP contribution is 2.25. The number of carbonyl (C=O) groups excluding carboxylic acids is 3. The van der Waals surface area contributed by atoms with E-state index in [0.29, 0.717) is 25.3 Å². The number of nitrogens with zero attached hydrogens (tertiary/aromatic N) is 1. The van der Waals surface area contributed by atoms with Gasteiger partial charge in [-0.05, 0) is 68.7 Å². The summed E-state index contributed by atoms with van der Waals surface area (Å²) in [6.45, 7) is 10.2. The Morgan fingerprint density at radius 2 is 1.64 bits per heavy atom. The first-order valence-corrected chi connectivity index (χ1v) is 15.2. The van der Waals surface area contributed by atoms with E-state index >= 15 is 0 Å². The fourth-order valence-electron chi connectivity index (χ4n) is 4.13. The molecule has 0 aliphatic heterocycles. The van der Waals surface area contributed by atoms with Crippen LogP contribution in [-0.2, 0) is 27.3 Å². The minimum Gasteiger partial charge on any atom is -0.444 e. The number of thioether (sulfide) groups is 1. The monoisotopic (exact) mass is 555 g/mol. The van der Waals surface area contributed by atoms with Gasteiger partial charge in [0.1, 0.15) is 17.7 Å². The molecule has 2 atom stereocenters. The van der Waals surface area contributed by atoms with Crippen LogP contribution in [0, 0.1) is 0 Å². The van der Waals surface area contributed by atoms with Crippen LogP contribution >= 0.6 is 11.8 Å². The highest BCUT2D eigenvalue weighted by molar-refractivity contribution is 7.98. The molecule has 0 aromatic heterocycles. The number of ether oxygens (including phenoxy) is 1. The molecule has 0 heterocycles. The first-order valence-electron chi connectivity index (χ1n) is 13.8. The van der Waals surface area contributed by atoms with Crippen molar-refractivity contribution in [1.29, 1.82) is 0 Å². The Labute approximate surface area is 238 Å². The van der Waals surface area contributed by atoms with Crippen LogP contribution in [-0.4, -0.2) is 53.0 Å². The van der Waals surface area contributed by atoms with E-state index in [2.05, 4.69) is 17.6 Å². The maximum Gasteiger partial charge on any atom is 0.408 e. The summed E-state index contributed by atoms with van der Waals surface area (Å²) in [5, 5.41) is 5.83. The molecule has 39 heavy (non-hydrogen) atoms. The van der Waals surface area contributed by atoms with Crippen molar-refractivity contribution >= 4 is 29.7 Å². The normalized spacial score (nSPS) is 12.8. The average Bonchev–Trinajstić information content (AvgIpc) is 2.91. The van der Waals surface area contributed by atoms with Crippen molar-refractivity contribution in [1.82, 2.24) is 15.5 Å². The Hall–Kier alpha value is -3.00. The third kappa shape index (κ3) is 10.9. The third-order valence-electron chi connectivity index (χ3n) is 6.21. The summed E-state index contributed by atoms with van der Waals surface area (Å²) in [6.07, 6.45) is 4.19. The van der Waals surface area contributed by atoms with Crippen LogP contribution in [0.5, 0.6) is 0 Å². The van der Waals surface area contributed by atoms with E-state index in [0.717, 1.165) is 36.0 Å². The topological polar surface area (TPSA) is 87.7 Å². The van der Waals surface area contributed by atoms with Crippen molar-refractivity contribution in [2.75, 3.05) is 18.6 Å². The minimum absolute atomic E-state index is 0.256. The van der Waals surface area contributed by atoms with Crippen LogP contribution in [0.15, 0.2) is 54.6 Å². The Balaban J connectivity index is 2.44. The summed E-state index contributed by atoms with van der Waals surface area (Å²) < 4.78 is 5.46. The van der Waals surface area contributed by atoms with E-state index in [9.17, 15) is 14.4 Å². The van der Waals surface area contributed by atoms with E-state index < -0.39 is 23.8 Å². The van der Waals surface area contributed by atoms with Gasteiger partial charge in [-0.1, -0.05) is 74.9 Å². The number of rotatable bonds is 14. The Morgan fingerprint density at radius 3 is 2.21 bits per heavy atom. The van der Waals surface area contributed by atoms with Gasteiger partial charge in [0.05, 0.1) is 0 Å². The largest absolute Gasteiger partial charge is 0.444 e. The van der Waals surface area contributed by atoms with Gasteiger partial charge in [0.25, 0.3) is 0 Å². The predicted molar refractivity (Wildman–Crippen MR) is 160 cm³/mol. The molecule has 0 spiro atoms. The molecule has 3 amide bonds. The summed E-state index contributed by atoms with van der Waals surface area (Å²) in [6, 6.07) is 15.9. The molecule has 0 saturated heterocycles. The lowest BCUT2D eigenvalue weighted by Gasteiger charge is -2.34. The van der Waals surface area contributed by atoms with Crippen LogP contribution in [0.25, 0.3) is 0 Å². The van der Waals surface area contributed by atoms with Crippen LogP contribution in [0.1, 0.15) is 76.6 Å². The maximum absolute atomic E-state index is 14.1. The maximum atomic E-state index is 14.1. The molecule has 0 aliphatic carbocycles. The number of amides is 3. The number of carbonyl (C=O) groups is 3. The molecule has 2 aromatic carbocycles. The van der Waals surface area contributed by atoms with Crippen molar-refractivity contribution in [3.05, 3.63) is 71.3 Å². The van der Waals surface area contributed by atoms with Gasteiger partial charge in [-0.15, -0.1) is 0 Å². The van der Waals surface area contributed by atoms with Gasteiger partial charge in [0.15, 0.2) is 0 Å². The standard InChI is InChI=1S/C31H45N3O4S/c1-7-9-20-34(29(36)26(19-21-39-6)33-30(37)38-31(3,4)5)27(25-17-15-23(8-2)16-18-25)28(35)32-22-24-13-11-10-12-14-24/h10-18,26-27H,7-9,19-22H2,1-6H3,(H,32,35)(H,33,37). The number of benzene rings is 2. The fraction of sp³-hybridized carbons (Fsp3) is 0.516. The van der Waals surface area contributed by atoms with Gasteiger partial charge < -0.3 is 20.3 Å². The second-order valence-electron chi connectivity index (χ2n) is 10.6. The highest BCUT2D eigenvalue weighted by atomic mass is 32.2. The number of alkyl carbamates (subject to hydrolysis) is 1. The average molecular weight is 556 g/mol. The molecule has 2 rings (SSSR count). The lowest BCUT2D eigenvalue weighted by molar-refractivity contribution is -0.142. The summed E-state index contributed by atoms with van der Waals surface area (Å²) in [5.74, 6) is 0.125. The summed E-state index contributed by atoms with van der Waals surface area (Å²) in [4.78, 5) is 42.3. The van der Waals surface area contributed by atoms with Crippen molar-refractivity contribution in [3.8, 4) is 0 Å². The van der Waals surface area contributed by atoms with E-state index in [-0.39, 0.29) is 11.8 Å². The number of hydrogen-bond donors (Lipinski definition) is 2. The fourth-order valence-corrected chi connectivity index (χ4v) is 4.60. The van der Waals surface area contributed by atoms with E-state index in [1.165, 1.54) is 0 Å². The molecule has 0 radical (unpaired) electrons. The molecule has 7 nitrogen and oxygen atoms in total. The van der Waals surface area contributed by atoms with E-state index in [1.807, 2.05) is 67.8 Å². The molecule has 2 N–H and O–H groups in total. The van der Waals surface area contributed by atoms with E-state index in [4.69, 9.17) is 4.74 Å². The predicted octanol–water partition coefficient (Wildman–Crippen LogP) is 5.88. The molecular formula is C31H45N3O4S. The first-order chi connectivity index (χ1) is 18.6. The third-order valence-corrected chi connectivity index (χ3v) is 6.85. The van der Waals surface area contributed by atoms with Gasteiger partial charge >= 0.3 is 6.09 Å². The Kier molecular flexibility index (Phi) is 13.4. The zero-order valence-electron chi connectivity index (χ0n) is 24.3. The van der Waals surface area contributed by atoms with Crippen molar-refractivity contribution in [2.45, 2.75) is 84.5 Å². The van der Waals surface area contributed by atoms with Crippen molar-refractivity contribution < 1.29 is 19.1 Å². The number of aryl methyl sites for hydroxylation is 1. The molecule has 8 heteroatoms. The van der Waals surface area contributed by atoms with Crippen molar-refractivity contribution in [2.24, 2.45) is 0 Å². The molecule has 0 bridgehead atoms. The molecule has 2 unspecified atom stereocenters. The van der Waals surface area contributed by atoms with Crippen molar-refractivity contribution in [3.63, 3.8) is 0 Å². The molecule has 0 saturated carbocycles. The van der Waals surface area contributed by atoms with Gasteiger partial charge in [0, 0.05) is 13.1 Å². The summed E-state index contributed by atoms with van der Waals surface area (Å²) >= 11 is 1.60. The van der Waals surface area contributed by atoms with Gasteiger partial charge in [-0.2, -0.15) is 11.8 Å². The Morgan fingerprint density at radius 1 is 0.974 bits per heavy atom. The van der Waals surface area contributed by atoms with Crippen LogP contribution < -0.4 is 10.6 Å². The number of hydrogen-bond acceptors (Lipinski definition) is 5. The minimum atomic E-state index is -0.837. The second kappa shape index (κ2) is 16.2. The SMILES string of the molecule is CCCCN(C(=O)C(CCSC)NC(=O)OC(C)(C)C)C(C(=O)NCc1ccccc1)c1ccc(CC)cc1. The van der Waals surface area contributed by atoms with E-state index in [1.54, 1.807) is 37.4 Å². The zero-order valence-corrected chi connectivity index (χ0v) is 25.1. The zero-order chi connectivity index (χ0) is 28.8. The highest BCUT2D eigenvalue weighted by Gasteiger charge is 2.35. The second-order valence-corrected chi connectivity index (χ2v) is 11.6. The van der Waals surface area contributed by atoms with Gasteiger partial charge in [-0.25, -0.2) is 4.79 Å². The number of unbranched alkanes of at least 4 members (excludes halogenated alkanes) is 1. The van der Waals surface area contributed by atoms with Crippen LogP contribution in [0.2, 0.25) is 0 Å². The van der Waals surface area contributed by atoms with Gasteiger partial charge in [-0.3, -0.25) is 9.59 Å². The molecular weight excluding hydrogens is 510 g/mol. The molecule has 214 valence electrons. The Bertz CT molecular complexity index is 1040. The quantitative estimate of drug-likeness (QED) is 0.304. The van der Waals surface area contributed by atoms with Crippen LogP contribution in [0.4, 0.5) is 4.79 Å². The molecule has 2 aromatic rings. The summed E-state index contributed by atoms with van der Waals surface area (Å²) in [5.41, 5.74) is 2.17. The smallest absolute Gasteiger partial charge is 0.408 e. The lowest BCUT2D eigenvalue weighted by Crippen LogP contribution is -2.53. The molecule has 0 fully saturated rings. The summed E-state index contributed by atoms with van der Waals surface area (Å²) in [7, 11) is 0. The van der Waals surface area contributed by atoms with Crippen LogP contribution in [0.3, 0.4) is 0 Å². The number of nitrogens with one attached hydrogen (secondary N) is 2. The molecule has 0 aliphatic rings.